The second-order valence-electron chi connectivity index (χ2n) is 6.90. The number of aromatic nitrogens is 3. The molecule has 1 N–H and O–H groups in total. The Balaban J connectivity index is 1.76. The van der Waals surface area contributed by atoms with Gasteiger partial charge in [0.05, 0.1) is 15.7 Å². The number of aryl methyl sites for hydroxylation is 1. The van der Waals surface area contributed by atoms with E-state index in [-0.39, 0.29) is 23.0 Å². The lowest BCUT2D eigenvalue weighted by Gasteiger charge is -2.11. The number of hydrogen-bond donors (Lipinski definition) is 1. The SMILES string of the molecule is COCCCn1c(SCC(=O)Nc2ccc(C)cc2[N+](=O)[O-])nnc1-c1ccccc1Cl. The third-order valence-corrected chi connectivity index (χ3v) is 5.81. The molecule has 0 atom stereocenters. The molecular formula is C21H22ClN5O4S. The summed E-state index contributed by atoms with van der Waals surface area (Å²) in [7, 11) is 1.63. The molecule has 0 spiro atoms. The number of anilines is 1. The van der Waals surface area contributed by atoms with Gasteiger partial charge in [0.15, 0.2) is 11.0 Å². The van der Waals surface area contributed by atoms with Crippen LogP contribution in [-0.2, 0) is 16.1 Å². The topological polar surface area (TPSA) is 112 Å². The van der Waals surface area contributed by atoms with Gasteiger partial charge in [-0.15, -0.1) is 10.2 Å². The summed E-state index contributed by atoms with van der Waals surface area (Å²) < 4.78 is 7.04. The van der Waals surface area contributed by atoms with Gasteiger partial charge in [0.1, 0.15) is 5.69 Å². The Morgan fingerprint density at radius 1 is 1.28 bits per heavy atom. The zero-order valence-electron chi connectivity index (χ0n) is 17.6. The molecule has 0 aliphatic heterocycles. The van der Waals surface area contributed by atoms with Crippen molar-refractivity contribution >= 4 is 40.6 Å². The molecule has 0 saturated heterocycles. The van der Waals surface area contributed by atoms with Crippen LogP contribution in [0.5, 0.6) is 0 Å². The number of amides is 1. The molecule has 0 aliphatic carbocycles. The molecule has 0 aliphatic rings. The van der Waals surface area contributed by atoms with E-state index < -0.39 is 4.92 Å². The molecule has 0 radical (unpaired) electrons. The number of thioether (sulfide) groups is 1. The molecule has 0 saturated carbocycles. The van der Waals surface area contributed by atoms with Crippen molar-refractivity contribution < 1.29 is 14.5 Å². The Morgan fingerprint density at radius 3 is 2.78 bits per heavy atom. The van der Waals surface area contributed by atoms with Crippen LogP contribution in [0.1, 0.15) is 12.0 Å². The summed E-state index contributed by atoms with van der Waals surface area (Å²) in [5, 5.41) is 23.5. The highest BCUT2D eigenvalue weighted by molar-refractivity contribution is 7.99. The lowest BCUT2D eigenvalue weighted by Crippen LogP contribution is -2.16. The third kappa shape index (κ3) is 5.84. The maximum absolute atomic E-state index is 12.5. The van der Waals surface area contributed by atoms with E-state index in [9.17, 15) is 14.9 Å². The highest BCUT2D eigenvalue weighted by Gasteiger charge is 2.19. The summed E-state index contributed by atoms with van der Waals surface area (Å²) >= 11 is 7.53. The van der Waals surface area contributed by atoms with Gasteiger partial charge in [0.25, 0.3) is 5.69 Å². The van der Waals surface area contributed by atoms with E-state index in [1.807, 2.05) is 22.8 Å². The van der Waals surface area contributed by atoms with Crippen LogP contribution in [-0.4, -0.2) is 45.1 Å². The number of carbonyl (C=O) groups excluding carboxylic acids is 1. The minimum absolute atomic E-state index is 0.00988. The van der Waals surface area contributed by atoms with E-state index in [4.69, 9.17) is 16.3 Å². The van der Waals surface area contributed by atoms with Crippen LogP contribution in [0.3, 0.4) is 0 Å². The van der Waals surface area contributed by atoms with Crippen molar-refractivity contribution in [2.75, 3.05) is 24.8 Å². The molecule has 1 heterocycles. The number of nitro groups is 1. The van der Waals surface area contributed by atoms with Crippen molar-refractivity contribution in [1.29, 1.82) is 0 Å². The first kappa shape index (κ1) is 23.7. The van der Waals surface area contributed by atoms with Crippen LogP contribution in [0, 0.1) is 17.0 Å². The first-order chi connectivity index (χ1) is 15.4. The molecule has 3 aromatic rings. The highest BCUT2D eigenvalue weighted by Crippen LogP contribution is 2.30. The van der Waals surface area contributed by atoms with Gasteiger partial charge < -0.3 is 14.6 Å². The molecule has 0 unspecified atom stereocenters. The summed E-state index contributed by atoms with van der Waals surface area (Å²) in [6.07, 6.45) is 0.724. The number of benzene rings is 2. The first-order valence-electron chi connectivity index (χ1n) is 9.75. The minimum Gasteiger partial charge on any atom is -0.385 e. The van der Waals surface area contributed by atoms with Gasteiger partial charge in [0, 0.05) is 31.9 Å². The number of nitrogens with one attached hydrogen (secondary N) is 1. The molecule has 168 valence electrons. The number of rotatable bonds is 10. The fraction of sp³-hybridized carbons (Fsp3) is 0.286. The number of nitrogens with zero attached hydrogens (tertiary/aromatic N) is 4. The average molecular weight is 476 g/mol. The van der Waals surface area contributed by atoms with Gasteiger partial charge >= 0.3 is 0 Å². The maximum Gasteiger partial charge on any atom is 0.293 e. The zero-order chi connectivity index (χ0) is 23.1. The van der Waals surface area contributed by atoms with E-state index in [1.165, 1.54) is 23.9 Å². The number of ether oxygens (including phenoxy) is 1. The maximum atomic E-state index is 12.5. The summed E-state index contributed by atoms with van der Waals surface area (Å²) in [5.41, 5.74) is 1.49. The van der Waals surface area contributed by atoms with Crippen LogP contribution >= 0.6 is 23.4 Å². The fourth-order valence-corrected chi connectivity index (χ4v) is 4.01. The van der Waals surface area contributed by atoms with E-state index in [2.05, 4.69) is 15.5 Å². The molecule has 1 aromatic heterocycles. The van der Waals surface area contributed by atoms with Gasteiger partial charge in [-0.3, -0.25) is 14.9 Å². The Hall–Kier alpha value is -2.95. The summed E-state index contributed by atoms with van der Waals surface area (Å²) in [6, 6.07) is 12.0. The average Bonchev–Trinajstić information content (AvgIpc) is 3.16. The smallest absolute Gasteiger partial charge is 0.293 e. The molecular weight excluding hydrogens is 454 g/mol. The van der Waals surface area contributed by atoms with E-state index >= 15 is 0 Å². The molecule has 32 heavy (non-hydrogen) atoms. The normalized spacial score (nSPS) is 10.8. The lowest BCUT2D eigenvalue weighted by atomic mass is 10.2. The standard InChI is InChI=1S/C21H22ClN5O4S/c1-14-8-9-17(18(12-14)27(29)30)23-19(28)13-32-21-25-24-20(26(21)10-5-11-31-2)15-6-3-4-7-16(15)22/h3-4,6-9,12H,5,10-11,13H2,1-2H3,(H,23,28). The van der Waals surface area contributed by atoms with Crippen LogP contribution < -0.4 is 5.32 Å². The van der Waals surface area contributed by atoms with E-state index in [0.29, 0.717) is 29.2 Å². The molecule has 3 rings (SSSR count). The van der Waals surface area contributed by atoms with E-state index in [0.717, 1.165) is 17.5 Å². The molecule has 11 heteroatoms. The second-order valence-corrected chi connectivity index (χ2v) is 8.25. The minimum atomic E-state index is -0.516. The largest absolute Gasteiger partial charge is 0.385 e. The molecule has 2 aromatic carbocycles. The molecule has 1 amide bonds. The zero-order valence-corrected chi connectivity index (χ0v) is 19.2. The predicted molar refractivity (Wildman–Crippen MR) is 124 cm³/mol. The Labute approximate surface area is 194 Å². The van der Waals surface area contributed by atoms with Crippen LogP contribution in [0.15, 0.2) is 47.6 Å². The number of carbonyl (C=O) groups is 1. The lowest BCUT2D eigenvalue weighted by molar-refractivity contribution is -0.384. The first-order valence-corrected chi connectivity index (χ1v) is 11.1. The van der Waals surface area contributed by atoms with Crippen molar-refractivity contribution in [3.63, 3.8) is 0 Å². The third-order valence-electron chi connectivity index (χ3n) is 4.52. The number of halogens is 1. The highest BCUT2D eigenvalue weighted by atomic mass is 35.5. The monoisotopic (exact) mass is 475 g/mol. The van der Waals surface area contributed by atoms with E-state index in [1.54, 1.807) is 26.2 Å². The summed E-state index contributed by atoms with van der Waals surface area (Å²) in [6.45, 7) is 2.89. The fourth-order valence-electron chi connectivity index (χ4n) is 3.02. The number of hydrogen-bond acceptors (Lipinski definition) is 7. The van der Waals surface area contributed by atoms with Gasteiger partial charge in [-0.2, -0.15) is 0 Å². The summed E-state index contributed by atoms with van der Waals surface area (Å²) in [5.74, 6) is 0.229. The summed E-state index contributed by atoms with van der Waals surface area (Å²) in [4.78, 5) is 23.3. The molecule has 0 fully saturated rings. The second kappa shape index (κ2) is 11.1. The Kier molecular flexibility index (Phi) is 8.20. The van der Waals surface area contributed by atoms with Crippen molar-refractivity contribution in [2.45, 2.75) is 25.0 Å². The Bertz CT molecular complexity index is 1120. The number of nitro benzene ring substituents is 1. The van der Waals surface area contributed by atoms with Crippen molar-refractivity contribution in [3.05, 3.63) is 63.2 Å². The van der Waals surface area contributed by atoms with Crippen molar-refractivity contribution in [1.82, 2.24) is 14.8 Å². The van der Waals surface area contributed by atoms with Crippen molar-refractivity contribution in [2.24, 2.45) is 0 Å². The number of methoxy groups -OCH3 is 1. The van der Waals surface area contributed by atoms with Crippen LogP contribution in [0.2, 0.25) is 5.02 Å². The van der Waals surface area contributed by atoms with Crippen molar-refractivity contribution in [3.8, 4) is 11.4 Å². The quantitative estimate of drug-likeness (QED) is 0.197. The van der Waals surface area contributed by atoms with Crippen LogP contribution in [0.25, 0.3) is 11.4 Å². The molecule has 9 nitrogen and oxygen atoms in total. The van der Waals surface area contributed by atoms with Gasteiger partial charge in [-0.05, 0) is 37.1 Å². The van der Waals surface area contributed by atoms with Gasteiger partial charge in [0.2, 0.25) is 5.91 Å². The van der Waals surface area contributed by atoms with Crippen LogP contribution in [0.4, 0.5) is 11.4 Å². The predicted octanol–water partition coefficient (Wildman–Crippen LogP) is 4.58. The Morgan fingerprint density at radius 2 is 2.06 bits per heavy atom. The van der Waals surface area contributed by atoms with Gasteiger partial charge in [-0.1, -0.05) is 41.6 Å². The van der Waals surface area contributed by atoms with Gasteiger partial charge in [-0.25, -0.2) is 0 Å². The molecule has 0 bridgehead atoms.